The van der Waals surface area contributed by atoms with Gasteiger partial charge in [0.25, 0.3) is 0 Å². The molecule has 0 N–H and O–H groups in total. The van der Waals surface area contributed by atoms with Crippen LogP contribution in [-0.2, 0) is 34.8 Å². The van der Waals surface area contributed by atoms with Crippen LogP contribution in [-0.4, -0.2) is 32.2 Å². The topological polar surface area (TPSA) is 68.3 Å². The molecule has 0 aromatic rings. The molecule has 0 saturated carbocycles. The Morgan fingerprint density at radius 2 is 1.50 bits per heavy atom. The fourth-order valence-corrected chi connectivity index (χ4v) is 0. The van der Waals surface area contributed by atoms with Crippen LogP contribution in [0.3, 0.4) is 0 Å². The first-order chi connectivity index (χ1) is 3.91. The summed E-state index contributed by atoms with van der Waals surface area (Å²) in [5, 5.41) is 0. The molecule has 0 atom stereocenters. The molecule has 0 fully saturated rings. The SMILES string of the molecule is O=B[Si]=O.[O]=[Al].[O]=[Zn]. The Morgan fingerprint density at radius 1 is 1.38 bits per heavy atom. The van der Waals surface area contributed by atoms with Gasteiger partial charge in [-0.1, -0.05) is 0 Å². The summed E-state index contributed by atoms with van der Waals surface area (Å²) in [5.74, 6) is 0. The molecular weight excluding hydrogens is 195 g/mol. The van der Waals surface area contributed by atoms with Crippen molar-refractivity contribution in [3.05, 3.63) is 0 Å². The van der Waals surface area contributed by atoms with E-state index in [1.54, 1.807) is 0 Å². The molecule has 8 heavy (non-hydrogen) atoms. The fraction of sp³-hybridized carbons (Fsp3) is 0. The van der Waals surface area contributed by atoms with E-state index < -0.39 is 9.28 Å². The molecular formula is AlBO4SiZn. The van der Waals surface area contributed by atoms with Gasteiger partial charge in [0.05, 0.1) is 0 Å². The Morgan fingerprint density at radius 3 is 1.50 bits per heavy atom. The third-order valence-corrected chi connectivity index (χ3v) is 0.144. The van der Waals surface area contributed by atoms with E-state index in [2.05, 4.69) is 0 Å². The Hall–Kier alpha value is 0.638. The average Bonchev–Trinajstić information content (AvgIpc) is 1.96. The second-order valence-electron chi connectivity index (χ2n) is 0.236. The molecule has 0 aromatic heterocycles. The standard InChI is InChI=1S/Al.BO2Si.2O.Zn/c;2-1-4-3;;;. The van der Waals surface area contributed by atoms with Gasteiger partial charge in [0.15, 0.2) is 0 Å². The minimum atomic E-state index is -0.790. The zero-order chi connectivity index (χ0) is 7.41. The zero-order valence-corrected chi connectivity index (χ0v) is 9.12. The van der Waals surface area contributed by atoms with Gasteiger partial charge in [0.1, 0.15) is 0 Å². The van der Waals surface area contributed by atoms with Crippen LogP contribution in [0.15, 0.2) is 0 Å². The van der Waals surface area contributed by atoms with Crippen molar-refractivity contribution in [3.8, 4) is 0 Å². The second-order valence-corrected chi connectivity index (χ2v) is 0.707. The molecule has 0 heterocycles. The molecule has 2 radical (unpaired) electrons. The first-order valence-electron chi connectivity index (χ1n) is 1.25. The monoisotopic (exact) mass is 194 g/mol. The maximum absolute atomic E-state index is 8.96. The summed E-state index contributed by atoms with van der Waals surface area (Å²) < 4.78 is 34.4. The van der Waals surface area contributed by atoms with E-state index in [9.17, 15) is 0 Å². The van der Waals surface area contributed by atoms with Gasteiger partial charge >= 0.3 is 67.0 Å². The molecule has 0 bridgehead atoms. The van der Waals surface area contributed by atoms with Crippen LogP contribution in [0.5, 0.6) is 0 Å². The number of hydrogen-bond donors (Lipinski definition) is 0. The quantitative estimate of drug-likeness (QED) is 0.472. The minimum absolute atomic E-state index is 0.125. The summed E-state index contributed by atoms with van der Waals surface area (Å²) in [5.41, 5.74) is 0. The van der Waals surface area contributed by atoms with E-state index in [1.165, 1.54) is 16.2 Å². The van der Waals surface area contributed by atoms with Crippen LogP contribution in [0.2, 0.25) is 0 Å². The van der Waals surface area contributed by atoms with Crippen LogP contribution in [0.1, 0.15) is 0 Å². The van der Waals surface area contributed by atoms with Crippen molar-refractivity contribution in [2.75, 3.05) is 0 Å². The van der Waals surface area contributed by atoms with Crippen molar-refractivity contribution in [1.29, 1.82) is 0 Å². The Bertz CT molecular complexity index is 52.0. The molecule has 4 nitrogen and oxygen atoms in total. The van der Waals surface area contributed by atoms with E-state index in [1.807, 2.05) is 0 Å². The number of hydrogen-bond acceptors (Lipinski definition) is 4. The van der Waals surface area contributed by atoms with E-state index in [-0.39, 0.29) is 18.3 Å². The summed E-state index contributed by atoms with van der Waals surface area (Å²) in [7, 11) is -0.790. The van der Waals surface area contributed by atoms with Crippen molar-refractivity contribution in [1.82, 2.24) is 0 Å². The van der Waals surface area contributed by atoms with E-state index >= 15 is 0 Å². The Labute approximate surface area is 67.1 Å². The van der Waals surface area contributed by atoms with Crippen LogP contribution in [0.25, 0.3) is 0 Å². The molecule has 0 spiro atoms. The molecule has 0 aliphatic carbocycles. The summed E-state index contributed by atoms with van der Waals surface area (Å²) in [6.07, 6.45) is 0. The molecule has 0 unspecified atom stereocenters. The maximum atomic E-state index is 8.96. The van der Waals surface area contributed by atoms with Crippen LogP contribution < -0.4 is 0 Å². The first-order valence-corrected chi connectivity index (χ1v) is 3.92. The van der Waals surface area contributed by atoms with Gasteiger partial charge in [-0.15, -0.1) is 0 Å². The van der Waals surface area contributed by atoms with Gasteiger partial charge < -0.3 is 0 Å². The third kappa shape index (κ3) is 78.7. The van der Waals surface area contributed by atoms with Crippen molar-refractivity contribution >= 4 is 32.2 Å². The summed E-state index contributed by atoms with van der Waals surface area (Å²) in [6, 6.07) is 0. The molecule has 0 aromatic carbocycles. The zero-order valence-electron chi connectivity index (χ0n) is 3.99. The fourth-order valence-electron chi connectivity index (χ4n) is 0. The molecule has 0 aliphatic rings. The van der Waals surface area contributed by atoms with Crippen molar-refractivity contribution in [2.24, 2.45) is 0 Å². The van der Waals surface area contributed by atoms with Crippen molar-refractivity contribution in [3.63, 3.8) is 0 Å². The van der Waals surface area contributed by atoms with Crippen molar-refractivity contribution in [2.45, 2.75) is 0 Å². The van der Waals surface area contributed by atoms with Crippen molar-refractivity contribution < 1.29 is 34.8 Å². The molecule has 0 amide bonds. The average molecular weight is 195 g/mol. The van der Waals surface area contributed by atoms with E-state index in [0.29, 0.717) is 6.74 Å². The molecule has 0 saturated heterocycles. The van der Waals surface area contributed by atoms with Crippen LogP contribution in [0.4, 0.5) is 0 Å². The molecule has 0 aliphatic heterocycles. The van der Waals surface area contributed by atoms with E-state index in [0.717, 1.165) is 0 Å². The van der Waals surface area contributed by atoms with E-state index in [4.69, 9.17) is 16.5 Å². The molecule has 8 heteroatoms. The summed E-state index contributed by atoms with van der Waals surface area (Å²) >= 11 is 1.29. The predicted molar refractivity (Wildman–Crippen MR) is 20.0 cm³/mol. The second kappa shape index (κ2) is 48.4. The van der Waals surface area contributed by atoms with Crippen LogP contribution in [0, 0.1) is 0 Å². The predicted octanol–water partition coefficient (Wildman–Crippen LogP) is -1.62. The Kier molecular flexibility index (Phi) is 95.8. The van der Waals surface area contributed by atoms with Gasteiger partial charge in [-0.3, -0.25) is 0 Å². The first kappa shape index (κ1) is 15.9. The third-order valence-electron chi connectivity index (χ3n) is 0.0481. The van der Waals surface area contributed by atoms with Gasteiger partial charge in [-0.2, -0.15) is 0 Å². The molecule has 36 valence electrons. The van der Waals surface area contributed by atoms with Gasteiger partial charge in [-0.05, 0) is 0 Å². The summed E-state index contributed by atoms with van der Waals surface area (Å²) in [4.78, 5) is 0. The Balaban J connectivity index is -0.0000000542. The normalized spacial score (nSPS) is 3.12. The number of rotatable bonds is 1. The van der Waals surface area contributed by atoms with Gasteiger partial charge in [-0.25, -0.2) is 0 Å². The van der Waals surface area contributed by atoms with Crippen LogP contribution >= 0.6 is 0 Å². The van der Waals surface area contributed by atoms with Gasteiger partial charge in [0.2, 0.25) is 0 Å². The molecule has 0 rings (SSSR count). The van der Waals surface area contributed by atoms with Gasteiger partial charge in [0, 0.05) is 0 Å². The summed E-state index contributed by atoms with van der Waals surface area (Å²) in [6.45, 7) is 0.347.